The zero-order chi connectivity index (χ0) is 22.5. The molecular weight excluding hydrogens is 432 g/mol. The van der Waals surface area contributed by atoms with Crippen LogP contribution in [0.5, 0.6) is 5.75 Å². The molecule has 2 heterocycles. The molecule has 1 aromatic heterocycles. The van der Waals surface area contributed by atoms with Gasteiger partial charge in [0.1, 0.15) is 29.1 Å². The summed E-state index contributed by atoms with van der Waals surface area (Å²) in [6.45, 7) is 9.04. The molecule has 174 valence electrons. The number of likely N-dealkylation sites (tertiary alicyclic amines) is 1. The Balaban J connectivity index is 0.00000363. The number of carbonyl (C=O) groups is 2. The molecule has 1 saturated heterocycles. The first kappa shape index (κ1) is 25.5. The van der Waals surface area contributed by atoms with E-state index in [0.717, 1.165) is 19.6 Å². The van der Waals surface area contributed by atoms with Gasteiger partial charge in [0.25, 0.3) is 11.7 Å². The minimum atomic E-state index is -0.767. The predicted octanol–water partition coefficient (Wildman–Crippen LogP) is 4.17. The third-order valence-corrected chi connectivity index (χ3v) is 5.68. The van der Waals surface area contributed by atoms with Gasteiger partial charge in [0, 0.05) is 12.1 Å². The molecule has 1 fully saturated rings. The number of aliphatic hydroxyl groups excluding tert-OH is 1. The van der Waals surface area contributed by atoms with Gasteiger partial charge in [-0.2, -0.15) is 0 Å². The number of benzene rings is 1. The average Bonchev–Trinajstić information content (AvgIpc) is 3.32. The lowest BCUT2D eigenvalue weighted by atomic mass is 9.99. The molecule has 1 unspecified atom stereocenters. The van der Waals surface area contributed by atoms with Gasteiger partial charge in [0.15, 0.2) is 0 Å². The number of Topliss-reactive ketones (excluding diaryl/α,β-unsaturated/α-hetero) is 1. The fourth-order valence-corrected chi connectivity index (χ4v) is 3.94. The molecule has 0 spiro atoms. The molecule has 1 N–H and O–H groups in total. The first-order valence-corrected chi connectivity index (χ1v) is 10.6. The molecule has 0 saturated carbocycles. The predicted molar refractivity (Wildman–Crippen MR) is 125 cm³/mol. The minimum absolute atomic E-state index is 0. The van der Waals surface area contributed by atoms with Crippen molar-refractivity contribution >= 4 is 29.9 Å². The summed E-state index contributed by atoms with van der Waals surface area (Å²) in [7, 11) is 1.53. The van der Waals surface area contributed by atoms with Crippen LogP contribution in [0.4, 0.5) is 0 Å². The highest BCUT2D eigenvalue weighted by molar-refractivity contribution is 6.46. The van der Waals surface area contributed by atoms with E-state index in [0.29, 0.717) is 35.8 Å². The van der Waals surface area contributed by atoms with Crippen LogP contribution < -0.4 is 4.74 Å². The molecule has 1 aliphatic heterocycles. The Morgan fingerprint density at radius 3 is 2.50 bits per heavy atom. The van der Waals surface area contributed by atoms with Gasteiger partial charge in [-0.25, -0.2) is 0 Å². The average molecular weight is 463 g/mol. The van der Waals surface area contributed by atoms with E-state index in [1.807, 2.05) is 0 Å². The largest absolute Gasteiger partial charge is 0.507 e. The second kappa shape index (κ2) is 11.2. The maximum Gasteiger partial charge on any atom is 0.295 e. The van der Waals surface area contributed by atoms with Crippen LogP contribution in [0.15, 0.2) is 46.4 Å². The van der Waals surface area contributed by atoms with Crippen LogP contribution in [0, 0.1) is 6.92 Å². The monoisotopic (exact) mass is 462 g/mol. The molecule has 3 rings (SSSR count). The number of aliphatic hydroxyl groups is 1. The van der Waals surface area contributed by atoms with Crippen molar-refractivity contribution in [3.05, 3.63) is 59.1 Å². The van der Waals surface area contributed by atoms with E-state index in [2.05, 4.69) is 18.7 Å². The van der Waals surface area contributed by atoms with Crippen molar-refractivity contribution in [2.75, 3.05) is 33.3 Å². The van der Waals surface area contributed by atoms with Crippen LogP contribution >= 0.6 is 12.4 Å². The summed E-state index contributed by atoms with van der Waals surface area (Å²) in [6, 6.07) is 9.55. The highest BCUT2D eigenvalue weighted by Gasteiger charge is 2.47. The molecule has 0 radical (unpaired) electrons. The molecule has 7 nitrogen and oxygen atoms in total. The zero-order valence-electron chi connectivity index (χ0n) is 19.0. The third-order valence-electron chi connectivity index (χ3n) is 5.68. The third kappa shape index (κ3) is 5.16. The molecule has 1 atom stereocenters. The Labute approximate surface area is 195 Å². The number of ketones is 1. The highest BCUT2D eigenvalue weighted by atomic mass is 35.5. The lowest BCUT2D eigenvalue weighted by Gasteiger charge is -2.25. The zero-order valence-corrected chi connectivity index (χ0v) is 19.8. The van der Waals surface area contributed by atoms with Crippen LogP contribution in [0.25, 0.3) is 5.76 Å². The number of hydrogen-bond acceptors (Lipinski definition) is 6. The Bertz CT molecular complexity index is 980. The molecular formula is C24H31ClN2O5. The first-order valence-electron chi connectivity index (χ1n) is 10.6. The number of rotatable bonds is 9. The second-order valence-electron chi connectivity index (χ2n) is 7.55. The van der Waals surface area contributed by atoms with Gasteiger partial charge >= 0.3 is 0 Å². The molecule has 1 amide bonds. The van der Waals surface area contributed by atoms with Crippen molar-refractivity contribution in [1.82, 2.24) is 9.80 Å². The number of aryl methyl sites for hydroxylation is 1. The fourth-order valence-electron chi connectivity index (χ4n) is 3.94. The summed E-state index contributed by atoms with van der Waals surface area (Å²) in [5, 5.41) is 11.0. The molecule has 0 bridgehead atoms. The fraction of sp³-hybridized carbons (Fsp3) is 0.417. The van der Waals surface area contributed by atoms with Crippen molar-refractivity contribution in [2.45, 2.75) is 33.2 Å². The van der Waals surface area contributed by atoms with Crippen molar-refractivity contribution in [3.63, 3.8) is 0 Å². The highest BCUT2D eigenvalue weighted by Crippen LogP contribution is 2.40. The van der Waals surface area contributed by atoms with Crippen LogP contribution in [0.3, 0.4) is 0 Å². The van der Waals surface area contributed by atoms with Crippen LogP contribution in [-0.2, 0) is 9.59 Å². The van der Waals surface area contributed by atoms with Crippen LogP contribution in [0.2, 0.25) is 0 Å². The van der Waals surface area contributed by atoms with Crippen molar-refractivity contribution < 1.29 is 23.8 Å². The maximum atomic E-state index is 13.0. The Morgan fingerprint density at radius 2 is 1.91 bits per heavy atom. The van der Waals surface area contributed by atoms with Gasteiger partial charge in [-0.1, -0.05) is 26.0 Å². The smallest absolute Gasteiger partial charge is 0.295 e. The summed E-state index contributed by atoms with van der Waals surface area (Å²) in [5.41, 5.74) is 0.448. The van der Waals surface area contributed by atoms with Gasteiger partial charge in [0.2, 0.25) is 0 Å². The molecule has 1 aromatic carbocycles. The van der Waals surface area contributed by atoms with Crippen molar-refractivity contribution in [3.8, 4) is 5.75 Å². The van der Waals surface area contributed by atoms with E-state index in [-0.39, 0.29) is 23.7 Å². The number of carbonyl (C=O) groups excluding carboxylic acids is 2. The molecule has 0 aliphatic carbocycles. The van der Waals surface area contributed by atoms with E-state index >= 15 is 0 Å². The van der Waals surface area contributed by atoms with Gasteiger partial charge < -0.3 is 24.1 Å². The van der Waals surface area contributed by atoms with Crippen molar-refractivity contribution in [2.24, 2.45) is 0 Å². The summed E-state index contributed by atoms with van der Waals surface area (Å²) in [6.07, 6.45) is 0.712. The van der Waals surface area contributed by atoms with Gasteiger partial charge in [-0.15, -0.1) is 12.4 Å². The first-order chi connectivity index (χ1) is 14.9. The topological polar surface area (TPSA) is 83.2 Å². The van der Waals surface area contributed by atoms with E-state index in [9.17, 15) is 14.7 Å². The molecule has 8 heteroatoms. The number of nitrogens with zero attached hydrogens (tertiary/aromatic N) is 2. The molecule has 1 aliphatic rings. The van der Waals surface area contributed by atoms with E-state index in [4.69, 9.17) is 9.15 Å². The standard InChI is InChI=1S/C24H30N2O5.ClH/c1-5-25(6-2)13-8-14-26-21(19-12-11-16(3)31-19)20(23(28)24(26)29)22(27)17-9-7-10-18(15-17)30-4;/h7,9-12,15,21,27H,5-6,8,13-14H2,1-4H3;1H/b22-20+;. The number of hydrogen-bond donors (Lipinski definition) is 1. The van der Waals surface area contributed by atoms with Crippen molar-refractivity contribution in [1.29, 1.82) is 0 Å². The quantitative estimate of drug-likeness (QED) is 0.342. The Morgan fingerprint density at radius 1 is 1.19 bits per heavy atom. The number of amides is 1. The Kier molecular flexibility index (Phi) is 8.92. The van der Waals surface area contributed by atoms with Crippen LogP contribution in [0.1, 0.15) is 43.4 Å². The minimum Gasteiger partial charge on any atom is -0.507 e. The summed E-state index contributed by atoms with van der Waals surface area (Å²) >= 11 is 0. The second-order valence-corrected chi connectivity index (χ2v) is 7.55. The van der Waals surface area contributed by atoms with E-state index in [1.165, 1.54) is 12.0 Å². The van der Waals surface area contributed by atoms with E-state index in [1.54, 1.807) is 43.3 Å². The molecule has 32 heavy (non-hydrogen) atoms. The lowest BCUT2D eigenvalue weighted by Crippen LogP contribution is -2.33. The summed E-state index contributed by atoms with van der Waals surface area (Å²) < 4.78 is 11.0. The molecule has 2 aromatic rings. The van der Waals surface area contributed by atoms with Gasteiger partial charge in [-0.3, -0.25) is 9.59 Å². The number of furan rings is 1. The summed E-state index contributed by atoms with van der Waals surface area (Å²) in [4.78, 5) is 29.7. The lowest BCUT2D eigenvalue weighted by molar-refractivity contribution is -0.140. The number of ether oxygens (including phenoxy) is 1. The van der Waals surface area contributed by atoms with Crippen LogP contribution in [-0.4, -0.2) is 59.9 Å². The number of methoxy groups -OCH3 is 1. The van der Waals surface area contributed by atoms with Gasteiger partial charge in [0.05, 0.1) is 12.7 Å². The van der Waals surface area contributed by atoms with E-state index < -0.39 is 17.7 Å². The van der Waals surface area contributed by atoms with Gasteiger partial charge in [-0.05, 0) is 57.2 Å². The SMILES string of the molecule is CCN(CC)CCCN1C(=O)C(=O)/C(=C(/O)c2cccc(OC)c2)C1c1ccc(C)o1.Cl. The summed E-state index contributed by atoms with van der Waals surface area (Å²) in [5.74, 6) is 0.116. The maximum absolute atomic E-state index is 13.0. The number of halogens is 1. The Hall–Kier alpha value is -2.77. The normalized spacial score (nSPS) is 17.7.